The summed E-state index contributed by atoms with van der Waals surface area (Å²) in [5.41, 5.74) is 3.60. The largest absolute Gasteiger partial charge is 0.487 e. The summed E-state index contributed by atoms with van der Waals surface area (Å²) in [5, 5.41) is 1.22. The maximum absolute atomic E-state index is 12.9. The number of hydrogen-bond donors (Lipinski definition) is 0. The van der Waals surface area contributed by atoms with Crippen LogP contribution >= 0.6 is 0 Å². The molecule has 1 heterocycles. The first-order chi connectivity index (χ1) is 10.5. The molecule has 0 bridgehead atoms. The van der Waals surface area contributed by atoms with Gasteiger partial charge in [-0.2, -0.15) is 0 Å². The van der Waals surface area contributed by atoms with Crippen LogP contribution in [0.2, 0.25) is 0 Å². The Morgan fingerprint density at radius 1 is 1.05 bits per heavy atom. The van der Waals surface area contributed by atoms with E-state index in [9.17, 15) is 4.39 Å². The van der Waals surface area contributed by atoms with E-state index < -0.39 is 0 Å². The van der Waals surface area contributed by atoms with Gasteiger partial charge in [-0.15, -0.1) is 0 Å². The van der Waals surface area contributed by atoms with E-state index in [0.717, 1.165) is 5.69 Å². The number of halogens is 1. The van der Waals surface area contributed by atoms with E-state index in [1.54, 1.807) is 12.1 Å². The van der Waals surface area contributed by atoms with Crippen molar-refractivity contribution in [3.8, 4) is 5.75 Å². The number of hydrogen-bond acceptors (Lipinski definition) is 1. The van der Waals surface area contributed by atoms with Gasteiger partial charge in [-0.25, -0.2) is 4.39 Å². The Balaban J connectivity index is 1.92. The van der Waals surface area contributed by atoms with E-state index in [0.29, 0.717) is 18.4 Å². The van der Waals surface area contributed by atoms with Crippen molar-refractivity contribution in [1.82, 2.24) is 4.57 Å². The summed E-state index contributed by atoms with van der Waals surface area (Å²) in [4.78, 5) is 0. The number of benzene rings is 2. The molecule has 0 aliphatic carbocycles. The predicted octanol–water partition coefficient (Wildman–Crippen LogP) is 5.25. The first-order valence-electron chi connectivity index (χ1n) is 7.53. The summed E-state index contributed by atoms with van der Waals surface area (Å²) in [6.45, 7) is 6.91. The second-order valence-electron chi connectivity index (χ2n) is 5.90. The number of nitrogens with zero attached hydrogens (tertiary/aromatic N) is 1. The molecule has 0 aliphatic rings. The fraction of sp³-hybridized carbons (Fsp3) is 0.263. The third kappa shape index (κ3) is 2.84. The minimum absolute atomic E-state index is 0.251. The predicted molar refractivity (Wildman–Crippen MR) is 87.8 cm³/mol. The minimum atomic E-state index is -0.251. The number of fused-ring (bicyclic) bond motifs is 1. The highest BCUT2D eigenvalue weighted by molar-refractivity contribution is 5.82. The molecule has 2 nitrogen and oxygen atoms in total. The molecule has 0 atom stereocenters. The Kier molecular flexibility index (Phi) is 3.88. The van der Waals surface area contributed by atoms with Crippen LogP contribution in [-0.2, 0) is 6.61 Å². The molecule has 22 heavy (non-hydrogen) atoms. The van der Waals surface area contributed by atoms with Gasteiger partial charge in [-0.1, -0.05) is 12.1 Å². The standard InChI is InChI=1S/C19H20FNO/c1-13(2)21-17(11-15-5-4-14(3)10-19(15)21)12-22-18-8-6-16(20)7-9-18/h4-11,13H,12H2,1-3H3. The lowest BCUT2D eigenvalue weighted by Gasteiger charge is -2.15. The van der Waals surface area contributed by atoms with E-state index in [1.807, 2.05) is 0 Å². The van der Waals surface area contributed by atoms with Crippen LogP contribution in [0.3, 0.4) is 0 Å². The van der Waals surface area contributed by atoms with Crippen molar-refractivity contribution in [2.24, 2.45) is 0 Å². The van der Waals surface area contributed by atoms with Crippen LogP contribution in [0.1, 0.15) is 31.1 Å². The van der Waals surface area contributed by atoms with Crippen molar-refractivity contribution in [3.05, 3.63) is 65.6 Å². The molecule has 3 rings (SSSR count). The molecule has 0 saturated carbocycles. The van der Waals surface area contributed by atoms with E-state index in [-0.39, 0.29) is 5.82 Å². The Hall–Kier alpha value is -2.29. The summed E-state index contributed by atoms with van der Waals surface area (Å²) in [5.74, 6) is 0.428. The SMILES string of the molecule is Cc1ccc2cc(COc3ccc(F)cc3)n(C(C)C)c2c1. The molecular formula is C19H20FNO. The molecular weight excluding hydrogens is 277 g/mol. The van der Waals surface area contributed by atoms with Gasteiger partial charge >= 0.3 is 0 Å². The highest BCUT2D eigenvalue weighted by Gasteiger charge is 2.12. The average molecular weight is 297 g/mol. The highest BCUT2D eigenvalue weighted by Crippen LogP contribution is 2.26. The molecule has 1 aromatic heterocycles. The second-order valence-corrected chi connectivity index (χ2v) is 5.90. The highest BCUT2D eigenvalue weighted by atomic mass is 19.1. The Morgan fingerprint density at radius 2 is 1.77 bits per heavy atom. The molecule has 0 fully saturated rings. The van der Waals surface area contributed by atoms with Gasteiger partial charge in [0.05, 0.1) is 5.69 Å². The topological polar surface area (TPSA) is 14.2 Å². The zero-order valence-corrected chi connectivity index (χ0v) is 13.1. The molecule has 114 valence electrons. The van der Waals surface area contributed by atoms with Crippen molar-refractivity contribution in [2.75, 3.05) is 0 Å². The lowest BCUT2D eigenvalue weighted by molar-refractivity contribution is 0.292. The molecule has 0 N–H and O–H groups in total. The van der Waals surface area contributed by atoms with Gasteiger partial charge < -0.3 is 9.30 Å². The van der Waals surface area contributed by atoms with Gasteiger partial charge in [-0.3, -0.25) is 0 Å². The maximum atomic E-state index is 12.9. The second kappa shape index (κ2) is 5.84. The normalized spacial score (nSPS) is 11.3. The van der Waals surface area contributed by atoms with Crippen molar-refractivity contribution in [1.29, 1.82) is 0 Å². The smallest absolute Gasteiger partial charge is 0.128 e. The Labute approximate surface area is 130 Å². The third-order valence-corrected chi connectivity index (χ3v) is 3.79. The molecule has 3 heteroatoms. The number of rotatable bonds is 4. The summed E-state index contributed by atoms with van der Waals surface area (Å²) < 4.78 is 21.0. The van der Waals surface area contributed by atoms with Crippen LogP contribution in [0.4, 0.5) is 4.39 Å². The van der Waals surface area contributed by atoms with Crippen LogP contribution in [0.25, 0.3) is 10.9 Å². The molecule has 2 aromatic carbocycles. The van der Waals surface area contributed by atoms with Gasteiger partial charge in [0.2, 0.25) is 0 Å². The molecule has 0 unspecified atom stereocenters. The fourth-order valence-corrected chi connectivity index (χ4v) is 2.80. The van der Waals surface area contributed by atoms with E-state index in [1.165, 1.54) is 28.6 Å². The molecule has 0 spiro atoms. The minimum Gasteiger partial charge on any atom is -0.487 e. The zero-order valence-electron chi connectivity index (χ0n) is 13.1. The van der Waals surface area contributed by atoms with Crippen molar-refractivity contribution in [2.45, 2.75) is 33.4 Å². The van der Waals surface area contributed by atoms with E-state index in [2.05, 4.69) is 49.6 Å². The molecule has 0 amide bonds. The lowest BCUT2D eigenvalue weighted by atomic mass is 10.2. The fourth-order valence-electron chi connectivity index (χ4n) is 2.80. The van der Waals surface area contributed by atoms with Gasteiger partial charge in [0.15, 0.2) is 0 Å². The molecule has 3 aromatic rings. The number of ether oxygens (including phenoxy) is 1. The van der Waals surface area contributed by atoms with Crippen molar-refractivity contribution >= 4 is 10.9 Å². The monoisotopic (exact) mass is 297 g/mol. The van der Waals surface area contributed by atoms with Crippen LogP contribution in [0.5, 0.6) is 5.75 Å². The summed E-state index contributed by atoms with van der Waals surface area (Å²) in [7, 11) is 0. The molecule has 0 aliphatic heterocycles. The Bertz CT molecular complexity index is 787. The van der Waals surface area contributed by atoms with E-state index in [4.69, 9.17) is 4.74 Å². The number of aromatic nitrogens is 1. The molecule has 0 saturated heterocycles. The third-order valence-electron chi connectivity index (χ3n) is 3.79. The summed E-state index contributed by atoms with van der Waals surface area (Å²) >= 11 is 0. The summed E-state index contributed by atoms with van der Waals surface area (Å²) in [6, 6.07) is 15.1. The molecule has 0 radical (unpaired) electrons. The van der Waals surface area contributed by atoms with Crippen LogP contribution in [0.15, 0.2) is 48.5 Å². The summed E-state index contributed by atoms with van der Waals surface area (Å²) in [6.07, 6.45) is 0. The maximum Gasteiger partial charge on any atom is 0.128 e. The zero-order chi connectivity index (χ0) is 15.7. The first-order valence-corrected chi connectivity index (χ1v) is 7.53. The average Bonchev–Trinajstić information content (AvgIpc) is 2.84. The van der Waals surface area contributed by atoms with Gasteiger partial charge in [0.25, 0.3) is 0 Å². The van der Waals surface area contributed by atoms with Gasteiger partial charge in [0, 0.05) is 16.9 Å². The van der Waals surface area contributed by atoms with Crippen molar-refractivity contribution in [3.63, 3.8) is 0 Å². The lowest BCUT2D eigenvalue weighted by Crippen LogP contribution is -2.08. The number of aryl methyl sites for hydroxylation is 1. The van der Waals surface area contributed by atoms with Crippen LogP contribution < -0.4 is 4.74 Å². The quantitative estimate of drug-likeness (QED) is 0.641. The van der Waals surface area contributed by atoms with Crippen molar-refractivity contribution < 1.29 is 9.13 Å². The first kappa shape index (κ1) is 14.6. The van der Waals surface area contributed by atoms with E-state index >= 15 is 0 Å². The van der Waals surface area contributed by atoms with Gasteiger partial charge in [-0.05, 0) is 62.7 Å². The Morgan fingerprint density at radius 3 is 2.45 bits per heavy atom. The van der Waals surface area contributed by atoms with Crippen LogP contribution in [0, 0.1) is 12.7 Å². The van der Waals surface area contributed by atoms with Crippen LogP contribution in [-0.4, -0.2) is 4.57 Å². The van der Waals surface area contributed by atoms with Gasteiger partial charge in [0.1, 0.15) is 18.2 Å².